The minimum Gasteiger partial charge on any atom is -0.493 e. The summed E-state index contributed by atoms with van der Waals surface area (Å²) in [6, 6.07) is 7.38. The molecule has 29 heavy (non-hydrogen) atoms. The lowest BCUT2D eigenvalue weighted by molar-refractivity contribution is 0.0506. The summed E-state index contributed by atoms with van der Waals surface area (Å²) in [6.07, 6.45) is 6.46. The predicted molar refractivity (Wildman–Crippen MR) is 114 cm³/mol. The molecule has 1 aromatic carbocycles. The van der Waals surface area contributed by atoms with Gasteiger partial charge in [0.2, 0.25) is 0 Å². The van der Waals surface area contributed by atoms with E-state index in [-0.39, 0.29) is 12.0 Å². The maximum absolute atomic E-state index is 13.4. The standard InChI is InChI=1S/C22H27BrN2O4/c1-3-9-29-21-19(23)11-17(12-20(21)27-2)22(26)25(15-18-7-5-10-28-18)14-16-6-4-8-24-13-16/h4,6,8,11-13,18H,3,5,7,9-10,14-15H2,1-2H3. The molecule has 1 saturated heterocycles. The fourth-order valence-corrected chi connectivity index (χ4v) is 3.89. The van der Waals surface area contributed by atoms with E-state index < -0.39 is 0 Å². The first kappa shape index (κ1) is 21.6. The summed E-state index contributed by atoms with van der Waals surface area (Å²) in [7, 11) is 1.58. The van der Waals surface area contributed by atoms with Crippen molar-refractivity contribution in [3.63, 3.8) is 0 Å². The van der Waals surface area contributed by atoms with E-state index >= 15 is 0 Å². The fraction of sp³-hybridized carbons (Fsp3) is 0.455. The lowest BCUT2D eigenvalue weighted by Crippen LogP contribution is -2.37. The van der Waals surface area contributed by atoms with Gasteiger partial charge in [0.15, 0.2) is 11.5 Å². The summed E-state index contributed by atoms with van der Waals surface area (Å²) < 4.78 is 17.7. The Morgan fingerprint density at radius 1 is 1.41 bits per heavy atom. The Bertz CT molecular complexity index is 810. The number of methoxy groups -OCH3 is 1. The molecule has 0 N–H and O–H groups in total. The number of carbonyl (C=O) groups is 1. The second kappa shape index (κ2) is 10.6. The molecule has 7 heteroatoms. The highest BCUT2D eigenvalue weighted by Gasteiger charge is 2.25. The van der Waals surface area contributed by atoms with Crippen LogP contribution in [0.1, 0.15) is 42.1 Å². The summed E-state index contributed by atoms with van der Waals surface area (Å²) in [5.41, 5.74) is 1.52. The van der Waals surface area contributed by atoms with E-state index in [0.29, 0.717) is 41.2 Å². The molecule has 2 heterocycles. The van der Waals surface area contributed by atoms with Crippen LogP contribution in [0.3, 0.4) is 0 Å². The van der Waals surface area contributed by atoms with Crippen LogP contribution in [0.5, 0.6) is 11.5 Å². The molecule has 1 aliphatic heterocycles. The molecule has 1 atom stereocenters. The third-order valence-electron chi connectivity index (χ3n) is 4.76. The number of rotatable bonds is 9. The third kappa shape index (κ3) is 5.70. The topological polar surface area (TPSA) is 60.9 Å². The van der Waals surface area contributed by atoms with Gasteiger partial charge in [0, 0.05) is 37.7 Å². The van der Waals surface area contributed by atoms with Crippen LogP contribution < -0.4 is 9.47 Å². The average molecular weight is 463 g/mol. The number of pyridine rings is 1. The number of ether oxygens (including phenoxy) is 3. The van der Waals surface area contributed by atoms with E-state index in [4.69, 9.17) is 14.2 Å². The smallest absolute Gasteiger partial charge is 0.254 e. The molecular weight excluding hydrogens is 436 g/mol. The highest BCUT2D eigenvalue weighted by Crippen LogP contribution is 2.37. The van der Waals surface area contributed by atoms with Crippen molar-refractivity contribution in [2.45, 2.75) is 38.8 Å². The van der Waals surface area contributed by atoms with Crippen molar-refractivity contribution >= 4 is 21.8 Å². The molecule has 2 aromatic rings. The second-order valence-corrected chi connectivity index (χ2v) is 7.87. The normalized spacial score (nSPS) is 15.9. The van der Waals surface area contributed by atoms with Gasteiger partial charge in [0.1, 0.15) is 0 Å². The number of amides is 1. The Hall–Kier alpha value is -2.12. The van der Waals surface area contributed by atoms with E-state index in [0.717, 1.165) is 31.4 Å². The molecule has 1 aliphatic rings. The largest absolute Gasteiger partial charge is 0.493 e. The Morgan fingerprint density at radius 2 is 2.28 bits per heavy atom. The summed E-state index contributed by atoms with van der Waals surface area (Å²) in [5, 5.41) is 0. The van der Waals surface area contributed by atoms with E-state index in [2.05, 4.69) is 20.9 Å². The first-order valence-corrected chi connectivity index (χ1v) is 10.7. The molecule has 0 bridgehead atoms. The van der Waals surface area contributed by atoms with Crippen LogP contribution in [0.4, 0.5) is 0 Å². The monoisotopic (exact) mass is 462 g/mol. The predicted octanol–water partition coefficient (Wildman–Crippen LogP) is 4.46. The van der Waals surface area contributed by atoms with Gasteiger partial charge in [-0.1, -0.05) is 13.0 Å². The number of aromatic nitrogens is 1. The van der Waals surface area contributed by atoms with Gasteiger partial charge in [-0.15, -0.1) is 0 Å². The van der Waals surface area contributed by atoms with Crippen molar-refractivity contribution in [1.29, 1.82) is 0 Å². The van der Waals surface area contributed by atoms with Crippen LogP contribution in [0.15, 0.2) is 41.1 Å². The minimum absolute atomic E-state index is 0.0631. The Balaban J connectivity index is 1.86. The average Bonchev–Trinajstić information content (AvgIpc) is 3.25. The van der Waals surface area contributed by atoms with Gasteiger partial charge in [-0.3, -0.25) is 9.78 Å². The highest BCUT2D eigenvalue weighted by atomic mass is 79.9. The van der Waals surface area contributed by atoms with Gasteiger partial charge in [0.25, 0.3) is 5.91 Å². The molecule has 0 spiro atoms. The van der Waals surface area contributed by atoms with Gasteiger partial charge in [0.05, 0.1) is 24.3 Å². The van der Waals surface area contributed by atoms with Crippen molar-refractivity contribution < 1.29 is 19.0 Å². The van der Waals surface area contributed by atoms with Crippen molar-refractivity contribution in [1.82, 2.24) is 9.88 Å². The van der Waals surface area contributed by atoms with Gasteiger partial charge in [-0.05, 0) is 59.0 Å². The van der Waals surface area contributed by atoms with Gasteiger partial charge in [-0.25, -0.2) is 0 Å². The van der Waals surface area contributed by atoms with Crippen LogP contribution in [-0.2, 0) is 11.3 Å². The number of halogens is 1. The SMILES string of the molecule is CCCOc1c(Br)cc(C(=O)N(Cc2cccnc2)CC2CCCO2)cc1OC. The second-order valence-electron chi connectivity index (χ2n) is 7.02. The molecule has 0 aliphatic carbocycles. The molecule has 3 rings (SSSR count). The van der Waals surface area contributed by atoms with Crippen LogP contribution in [0.25, 0.3) is 0 Å². The van der Waals surface area contributed by atoms with E-state index in [1.165, 1.54) is 0 Å². The van der Waals surface area contributed by atoms with Crippen molar-refractivity contribution in [2.75, 3.05) is 26.9 Å². The fourth-order valence-electron chi connectivity index (χ4n) is 3.34. The first-order valence-electron chi connectivity index (χ1n) is 9.92. The Labute approximate surface area is 180 Å². The zero-order valence-electron chi connectivity index (χ0n) is 16.9. The molecule has 156 valence electrons. The quantitative estimate of drug-likeness (QED) is 0.550. The zero-order chi connectivity index (χ0) is 20.6. The Kier molecular flexibility index (Phi) is 7.89. The van der Waals surface area contributed by atoms with Gasteiger partial charge in [-0.2, -0.15) is 0 Å². The van der Waals surface area contributed by atoms with Crippen LogP contribution >= 0.6 is 15.9 Å². The number of hydrogen-bond donors (Lipinski definition) is 0. The van der Waals surface area contributed by atoms with Gasteiger partial charge >= 0.3 is 0 Å². The summed E-state index contributed by atoms with van der Waals surface area (Å²) in [5.74, 6) is 1.07. The number of hydrogen-bond acceptors (Lipinski definition) is 5. The number of carbonyl (C=O) groups excluding carboxylic acids is 1. The molecule has 1 aromatic heterocycles. The Morgan fingerprint density at radius 3 is 2.93 bits per heavy atom. The van der Waals surface area contributed by atoms with Crippen molar-refractivity contribution in [3.05, 3.63) is 52.3 Å². The van der Waals surface area contributed by atoms with E-state index in [1.54, 1.807) is 31.6 Å². The third-order valence-corrected chi connectivity index (χ3v) is 5.35. The van der Waals surface area contributed by atoms with Crippen molar-refractivity contribution in [2.24, 2.45) is 0 Å². The van der Waals surface area contributed by atoms with Crippen molar-refractivity contribution in [3.8, 4) is 11.5 Å². The molecular formula is C22H27BrN2O4. The number of nitrogens with zero attached hydrogens (tertiary/aromatic N) is 2. The van der Waals surface area contributed by atoms with Crippen LogP contribution in [0.2, 0.25) is 0 Å². The van der Waals surface area contributed by atoms with Gasteiger partial charge < -0.3 is 19.1 Å². The van der Waals surface area contributed by atoms with Crippen LogP contribution in [0, 0.1) is 0 Å². The molecule has 0 saturated carbocycles. The number of benzene rings is 1. The lowest BCUT2D eigenvalue weighted by atomic mass is 10.1. The summed E-state index contributed by atoms with van der Waals surface area (Å²) >= 11 is 3.53. The molecule has 0 radical (unpaired) electrons. The molecule has 1 unspecified atom stereocenters. The molecule has 6 nitrogen and oxygen atoms in total. The van der Waals surface area contributed by atoms with Crippen LogP contribution in [-0.4, -0.2) is 48.8 Å². The van der Waals surface area contributed by atoms with E-state index in [9.17, 15) is 4.79 Å². The molecule has 1 amide bonds. The maximum atomic E-state index is 13.4. The zero-order valence-corrected chi connectivity index (χ0v) is 18.5. The first-order chi connectivity index (χ1) is 14.1. The lowest BCUT2D eigenvalue weighted by Gasteiger charge is -2.26. The summed E-state index contributed by atoms with van der Waals surface area (Å²) in [4.78, 5) is 19.4. The molecule has 1 fully saturated rings. The summed E-state index contributed by atoms with van der Waals surface area (Å²) in [6.45, 7) is 4.39. The minimum atomic E-state index is -0.0783. The highest BCUT2D eigenvalue weighted by molar-refractivity contribution is 9.10. The van der Waals surface area contributed by atoms with E-state index in [1.807, 2.05) is 24.0 Å². The maximum Gasteiger partial charge on any atom is 0.254 e.